The van der Waals surface area contributed by atoms with Gasteiger partial charge in [0.1, 0.15) is 0 Å². The van der Waals surface area contributed by atoms with Crippen LogP contribution in [0.4, 0.5) is 13.2 Å². The maximum absolute atomic E-state index is 13.5. The summed E-state index contributed by atoms with van der Waals surface area (Å²) in [6.45, 7) is 0.370. The highest BCUT2D eigenvalue weighted by atomic mass is 19.4. The van der Waals surface area contributed by atoms with Crippen LogP contribution in [-0.2, 0) is 12.7 Å². The van der Waals surface area contributed by atoms with E-state index in [-0.39, 0.29) is 5.56 Å². The summed E-state index contributed by atoms with van der Waals surface area (Å²) in [5, 5.41) is 4.74. The Labute approximate surface area is 147 Å². The molecule has 2 aromatic carbocycles. The lowest BCUT2D eigenvalue weighted by Crippen LogP contribution is -2.08. The first-order chi connectivity index (χ1) is 12.5. The van der Waals surface area contributed by atoms with Crippen molar-refractivity contribution >= 4 is 10.9 Å². The summed E-state index contributed by atoms with van der Waals surface area (Å²) in [7, 11) is 0. The molecule has 4 nitrogen and oxygen atoms in total. The summed E-state index contributed by atoms with van der Waals surface area (Å²) in [5.74, 6) is 0. The summed E-state index contributed by atoms with van der Waals surface area (Å²) < 4.78 is 41.9. The van der Waals surface area contributed by atoms with E-state index in [2.05, 4.69) is 10.1 Å². The van der Waals surface area contributed by atoms with Crippen molar-refractivity contribution in [2.45, 2.75) is 12.7 Å². The molecular formula is C19H15F3N4. The predicted molar refractivity (Wildman–Crippen MR) is 93.8 cm³/mol. The molecule has 0 spiro atoms. The summed E-state index contributed by atoms with van der Waals surface area (Å²) in [4.78, 5) is 3.02. The van der Waals surface area contributed by atoms with Crippen LogP contribution in [-0.4, -0.2) is 14.8 Å². The van der Waals surface area contributed by atoms with Crippen LogP contribution in [0.1, 0.15) is 11.3 Å². The minimum atomic E-state index is -4.55. The van der Waals surface area contributed by atoms with E-state index in [4.69, 9.17) is 5.73 Å². The van der Waals surface area contributed by atoms with Gasteiger partial charge in [-0.2, -0.15) is 18.3 Å². The number of aromatic nitrogens is 3. The largest absolute Gasteiger partial charge is 0.435 e. The third-order valence-electron chi connectivity index (χ3n) is 4.29. The fraction of sp³-hybridized carbons (Fsp3) is 0.105. The molecule has 0 saturated heterocycles. The number of fused-ring (bicyclic) bond motifs is 1. The number of nitrogens with zero attached hydrogens (tertiary/aromatic N) is 2. The van der Waals surface area contributed by atoms with E-state index in [1.807, 2.05) is 6.07 Å². The van der Waals surface area contributed by atoms with Crippen molar-refractivity contribution in [2.75, 3.05) is 0 Å². The average Bonchev–Trinajstić information content (AvgIpc) is 3.27. The van der Waals surface area contributed by atoms with Crippen molar-refractivity contribution in [3.05, 3.63) is 72.2 Å². The predicted octanol–water partition coefficient (Wildman–Crippen LogP) is 4.50. The highest BCUT2D eigenvalue weighted by molar-refractivity contribution is 5.85. The zero-order valence-corrected chi connectivity index (χ0v) is 13.6. The lowest BCUT2D eigenvalue weighted by Gasteiger charge is -2.06. The lowest BCUT2D eigenvalue weighted by atomic mass is 10.0. The second-order valence-corrected chi connectivity index (χ2v) is 5.98. The number of halogens is 3. The number of rotatable bonds is 3. The van der Waals surface area contributed by atoms with Crippen molar-refractivity contribution in [3.8, 4) is 16.8 Å². The Kier molecular flexibility index (Phi) is 3.81. The molecule has 2 aromatic heterocycles. The minimum absolute atomic E-state index is 0.0388. The first-order valence-electron chi connectivity index (χ1n) is 7.99. The molecule has 0 aliphatic carbocycles. The summed E-state index contributed by atoms with van der Waals surface area (Å²) in [6.07, 6.45) is -1.39. The van der Waals surface area contributed by atoms with E-state index < -0.39 is 11.9 Å². The molecule has 0 aliphatic heterocycles. The molecule has 4 aromatic rings. The molecular weight excluding hydrogens is 341 g/mol. The molecule has 0 saturated carbocycles. The minimum Gasteiger partial charge on any atom is -0.361 e. The Bertz CT molecular complexity index is 1060. The van der Waals surface area contributed by atoms with E-state index in [0.29, 0.717) is 17.8 Å². The van der Waals surface area contributed by atoms with Gasteiger partial charge in [0.25, 0.3) is 0 Å². The van der Waals surface area contributed by atoms with Crippen LogP contribution in [0, 0.1) is 0 Å². The van der Waals surface area contributed by atoms with Gasteiger partial charge in [-0.3, -0.25) is 0 Å². The van der Waals surface area contributed by atoms with Crippen molar-refractivity contribution in [2.24, 2.45) is 5.73 Å². The number of benzene rings is 2. The molecule has 26 heavy (non-hydrogen) atoms. The quantitative estimate of drug-likeness (QED) is 0.568. The fourth-order valence-corrected chi connectivity index (χ4v) is 2.93. The third-order valence-corrected chi connectivity index (χ3v) is 4.29. The van der Waals surface area contributed by atoms with E-state index in [1.165, 1.54) is 10.9 Å². The standard InChI is InChI=1S/C19H15F3N4/c20-19(21,22)18-16(14-4-3-13-7-8-24-17(13)9-14)11-26(25-18)15-5-1-12(10-23)2-6-15/h1-9,11,24H,10,23H2. The number of alkyl halides is 3. The average molecular weight is 356 g/mol. The molecule has 0 amide bonds. The van der Waals surface area contributed by atoms with Gasteiger partial charge in [-0.15, -0.1) is 0 Å². The molecule has 0 atom stereocenters. The topological polar surface area (TPSA) is 59.6 Å². The maximum atomic E-state index is 13.5. The number of nitrogens with two attached hydrogens (primary N) is 1. The second kappa shape index (κ2) is 6.03. The first kappa shape index (κ1) is 16.4. The zero-order valence-electron chi connectivity index (χ0n) is 13.6. The van der Waals surface area contributed by atoms with Crippen LogP contribution in [0.25, 0.3) is 27.7 Å². The third kappa shape index (κ3) is 2.86. The highest BCUT2D eigenvalue weighted by Gasteiger charge is 2.37. The van der Waals surface area contributed by atoms with Gasteiger partial charge in [-0.1, -0.05) is 24.3 Å². The molecule has 2 heterocycles. The zero-order chi connectivity index (χ0) is 18.3. The van der Waals surface area contributed by atoms with Crippen LogP contribution >= 0.6 is 0 Å². The van der Waals surface area contributed by atoms with Gasteiger partial charge in [0.2, 0.25) is 0 Å². The molecule has 0 bridgehead atoms. The van der Waals surface area contributed by atoms with E-state index in [1.54, 1.807) is 48.7 Å². The van der Waals surface area contributed by atoms with Gasteiger partial charge >= 0.3 is 6.18 Å². The Morgan fingerprint density at radius 1 is 1.04 bits per heavy atom. The van der Waals surface area contributed by atoms with Gasteiger partial charge in [-0.05, 0) is 40.8 Å². The van der Waals surface area contributed by atoms with Crippen LogP contribution in [0.15, 0.2) is 60.9 Å². The fourth-order valence-electron chi connectivity index (χ4n) is 2.93. The number of hydrogen-bond acceptors (Lipinski definition) is 2. The monoisotopic (exact) mass is 356 g/mol. The first-order valence-corrected chi connectivity index (χ1v) is 7.99. The molecule has 7 heteroatoms. The number of aromatic amines is 1. The van der Waals surface area contributed by atoms with Crippen molar-refractivity contribution < 1.29 is 13.2 Å². The number of H-pyrrole nitrogens is 1. The normalized spacial score (nSPS) is 12.0. The smallest absolute Gasteiger partial charge is 0.361 e. The van der Waals surface area contributed by atoms with Gasteiger partial charge in [-0.25, -0.2) is 4.68 Å². The van der Waals surface area contributed by atoms with Crippen molar-refractivity contribution in [1.29, 1.82) is 0 Å². The van der Waals surface area contributed by atoms with Gasteiger partial charge in [0.05, 0.1) is 5.69 Å². The Morgan fingerprint density at radius 3 is 2.50 bits per heavy atom. The van der Waals surface area contributed by atoms with Crippen LogP contribution in [0.5, 0.6) is 0 Å². The van der Waals surface area contributed by atoms with Gasteiger partial charge in [0.15, 0.2) is 5.69 Å². The van der Waals surface area contributed by atoms with E-state index >= 15 is 0 Å². The van der Waals surface area contributed by atoms with Crippen LogP contribution < -0.4 is 5.73 Å². The molecule has 0 fully saturated rings. The van der Waals surface area contributed by atoms with Gasteiger partial charge < -0.3 is 10.7 Å². The lowest BCUT2D eigenvalue weighted by molar-refractivity contribution is -0.140. The van der Waals surface area contributed by atoms with E-state index in [9.17, 15) is 13.2 Å². The SMILES string of the molecule is NCc1ccc(-n2cc(-c3ccc4cc[nH]c4c3)c(C(F)(F)F)n2)cc1. The maximum Gasteiger partial charge on any atom is 0.435 e. The summed E-state index contributed by atoms with van der Waals surface area (Å²) >= 11 is 0. The Balaban J connectivity index is 1.85. The molecule has 0 unspecified atom stereocenters. The molecule has 4 rings (SSSR count). The molecule has 0 aliphatic rings. The summed E-state index contributed by atoms with van der Waals surface area (Å²) in [6, 6.07) is 14.0. The highest BCUT2D eigenvalue weighted by Crippen LogP contribution is 2.37. The second-order valence-electron chi connectivity index (χ2n) is 5.98. The Hall–Kier alpha value is -3.06. The molecule has 132 valence electrons. The number of hydrogen-bond donors (Lipinski definition) is 2. The van der Waals surface area contributed by atoms with Crippen LogP contribution in [0.3, 0.4) is 0 Å². The van der Waals surface area contributed by atoms with Crippen molar-refractivity contribution in [1.82, 2.24) is 14.8 Å². The van der Waals surface area contributed by atoms with Gasteiger partial charge in [0, 0.05) is 30.0 Å². The Morgan fingerprint density at radius 2 is 1.81 bits per heavy atom. The summed E-state index contributed by atoms with van der Waals surface area (Å²) in [5.41, 5.74) is 7.36. The molecule has 3 N–H and O–H groups in total. The van der Waals surface area contributed by atoms with Crippen molar-refractivity contribution in [3.63, 3.8) is 0 Å². The molecule has 0 radical (unpaired) electrons. The van der Waals surface area contributed by atoms with E-state index in [0.717, 1.165) is 16.5 Å². The van der Waals surface area contributed by atoms with Crippen LogP contribution in [0.2, 0.25) is 0 Å². The number of nitrogens with one attached hydrogen (secondary N) is 1.